The van der Waals surface area contributed by atoms with Gasteiger partial charge in [-0.15, -0.1) is 0 Å². The molecule has 1 aromatic carbocycles. The van der Waals surface area contributed by atoms with Crippen LogP contribution in [0.4, 0.5) is 0 Å². The summed E-state index contributed by atoms with van der Waals surface area (Å²) in [5.41, 5.74) is 0.713. The van der Waals surface area contributed by atoms with Gasteiger partial charge in [0.15, 0.2) is 0 Å². The molecule has 2 rings (SSSR count). The van der Waals surface area contributed by atoms with E-state index >= 15 is 0 Å². The van der Waals surface area contributed by atoms with Gasteiger partial charge in [-0.3, -0.25) is 0 Å². The molecule has 1 aromatic heterocycles. The molecule has 0 aliphatic rings. The van der Waals surface area contributed by atoms with Gasteiger partial charge < -0.3 is 19.2 Å². The largest absolute Gasteiger partial charge is 0.495 e. The summed E-state index contributed by atoms with van der Waals surface area (Å²) in [6, 6.07) is 3.09. The number of carbonyl (C=O) groups is 2. The molecule has 0 amide bonds. The summed E-state index contributed by atoms with van der Waals surface area (Å²) in [7, 11) is 3.86. The summed E-state index contributed by atoms with van der Waals surface area (Å²) < 4.78 is 14.7. The molecule has 7 heteroatoms. The molecule has 21 heavy (non-hydrogen) atoms. The van der Waals surface area contributed by atoms with Crippen LogP contribution < -0.4 is 4.74 Å². The molecule has 0 radical (unpaired) electrons. The molecule has 0 unspecified atom stereocenters. The quantitative estimate of drug-likeness (QED) is 0.861. The number of carbonyl (C=O) groups excluding carboxylic acids is 2. The van der Waals surface area contributed by atoms with E-state index in [4.69, 9.17) is 9.47 Å². The second-order valence-corrected chi connectivity index (χ2v) is 3.99. The topological polar surface area (TPSA) is 90.5 Å². The highest BCUT2D eigenvalue weighted by Crippen LogP contribution is 2.33. The first-order valence-electron chi connectivity index (χ1n) is 6.01. The number of esters is 2. The predicted octanol–water partition coefficient (Wildman–Crippen LogP) is 1.66. The Morgan fingerprint density at radius 2 is 1.81 bits per heavy atom. The van der Waals surface area contributed by atoms with Gasteiger partial charge in [-0.2, -0.15) is 0 Å². The summed E-state index contributed by atoms with van der Waals surface area (Å²) in [6.07, 6.45) is 3.17. The van der Waals surface area contributed by atoms with E-state index in [1.807, 2.05) is 0 Å². The summed E-state index contributed by atoms with van der Waals surface area (Å²) in [5.74, 6) is -0.695. The van der Waals surface area contributed by atoms with Crippen molar-refractivity contribution in [2.45, 2.75) is 0 Å². The van der Waals surface area contributed by atoms with Gasteiger partial charge in [0, 0.05) is 18.0 Å². The third-order valence-electron chi connectivity index (χ3n) is 2.91. The number of imidazole rings is 1. The average molecular weight is 290 g/mol. The number of ether oxygens (including phenoxy) is 3. The van der Waals surface area contributed by atoms with Gasteiger partial charge in [0.1, 0.15) is 22.7 Å². The van der Waals surface area contributed by atoms with Crippen LogP contribution in [0.1, 0.15) is 20.7 Å². The van der Waals surface area contributed by atoms with E-state index < -0.39 is 11.9 Å². The minimum atomic E-state index is -0.635. The van der Waals surface area contributed by atoms with Crippen LogP contribution in [0.2, 0.25) is 0 Å². The van der Waals surface area contributed by atoms with Crippen LogP contribution in [0, 0.1) is 0 Å². The lowest BCUT2D eigenvalue weighted by molar-refractivity contribution is 0.0592. The number of methoxy groups -OCH3 is 3. The summed E-state index contributed by atoms with van der Waals surface area (Å²) in [6.45, 7) is 0. The lowest BCUT2D eigenvalue weighted by Crippen LogP contribution is -2.12. The van der Waals surface area contributed by atoms with Crippen molar-refractivity contribution in [1.29, 1.82) is 0 Å². The molecule has 0 aliphatic carbocycles. The Bertz CT molecular complexity index is 664. The first-order valence-corrected chi connectivity index (χ1v) is 6.01. The molecular formula is C14H14N2O5. The molecule has 0 fully saturated rings. The second kappa shape index (κ2) is 6.08. The number of nitrogens with one attached hydrogen (secondary N) is 1. The van der Waals surface area contributed by atoms with Gasteiger partial charge in [-0.1, -0.05) is 0 Å². The maximum atomic E-state index is 12.1. The monoisotopic (exact) mass is 290 g/mol. The van der Waals surface area contributed by atoms with Crippen LogP contribution >= 0.6 is 0 Å². The van der Waals surface area contributed by atoms with Crippen molar-refractivity contribution >= 4 is 11.9 Å². The summed E-state index contributed by atoms with van der Waals surface area (Å²) >= 11 is 0. The van der Waals surface area contributed by atoms with Gasteiger partial charge in [0.05, 0.1) is 21.3 Å². The predicted molar refractivity (Wildman–Crippen MR) is 73.3 cm³/mol. The number of aromatic amines is 1. The fourth-order valence-electron chi connectivity index (χ4n) is 1.98. The van der Waals surface area contributed by atoms with Gasteiger partial charge in [0.25, 0.3) is 0 Å². The van der Waals surface area contributed by atoms with E-state index in [0.717, 1.165) is 0 Å². The van der Waals surface area contributed by atoms with Crippen LogP contribution in [0.5, 0.6) is 5.75 Å². The van der Waals surface area contributed by atoms with Crippen LogP contribution in [0.15, 0.2) is 24.5 Å². The zero-order valence-electron chi connectivity index (χ0n) is 11.8. The molecule has 110 valence electrons. The first-order chi connectivity index (χ1) is 10.1. The van der Waals surface area contributed by atoms with Crippen molar-refractivity contribution in [3.8, 4) is 17.1 Å². The normalized spacial score (nSPS) is 10.0. The molecule has 0 saturated carbocycles. The number of hydrogen-bond acceptors (Lipinski definition) is 6. The van der Waals surface area contributed by atoms with Crippen LogP contribution in [-0.4, -0.2) is 43.2 Å². The van der Waals surface area contributed by atoms with Crippen molar-refractivity contribution in [2.24, 2.45) is 0 Å². The zero-order chi connectivity index (χ0) is 15.4. The van der Waals surface area contributed by atoms with Crippen molar-refractivity contribution < 1.29 is 23.8 Å². The second-order valence-electron chi connectivity index (χ2n) is 3.99. The fraction of sp³-hybridized carbons (Fsp3) is 0.214. The number of rotatable bonds is 4. The molecule has 0 saturated heterocycles. The first kappa shape index (κ1) is 14.6. The zero-order valence-corrected chi connectivity index (χ0v) is 11.8. The Hall–Kier alpha value is -2.83. The van der Waals surface area contributed by atoms with Crippen molar-refractivity contribution in [3.05, 3.63) is 35.7 Å². The number of hydrogen-bond donors (Lipinski definition) is 1. The Balaban J connectivity index is 2.74. The van der Waals surface area contributed by atoms with Crippen molar-refractivity contribution in [2.75, 3.05) is 21.3 Å². The Kier molecular flexibility index (Phi) is 4.22. The van der Waals surface area contributed by atoms with Crippen molar-refractivity contribution in [3.63, 3.8) is 0 Å². The lowest BCUT2D eigenvalue weighted by Gasteiger charge is -2.14. The SMILES string of the molecule is COC(=O)c1ccc(-c2ncc[nH]2)c(C(=O)OC)c1OC. The van der Waals surface area contributed by atoms with Gasteiger partial charge in [-0.05, 0) is 12.1 Å². The molecule has 0 spiro atoms. The molecule has 7 nitrogen and oxygen atoms in total. The van der Waals surface area contributed by atoms with Crippen LogP contribution in [0.25, 0.3) is 11.4 Å². The lowest BCUT2D eigenvalue weighted by atomic mass is 10.0. The van der Waals surface area contributed by atoms with E-state index in [9.17, 15) is 9.59 Å². The van der Waals surface area contributed by atoms with Crippen LogP contribution in [0.3, 0.4) is 0 Å². The third-order valence-corrected chi connectivity index (χ3v) is 2.91. The van der Waals surface area contributed by atoms with E-state index in [0.29, 0.717) is 11.4 Å². The Morgan fingerprint density at radius 1 is 1.10 bits per heavy atom. The summed E-state index contributed by atoms with van der Waals surface area (Å²) in [5, 5.41) is 0. The molecule has 0 atom stereocenters. The maximum absolute atomic E-state index is 12.1. The van der Waals surface area contributed by atoms with Crippen LogP contribution in [-0.2, 0) is 9.47 Å². The Labute approximate surface area is 120 Å². The van der Waals surface area contributed by atoms with Gasteiger partial charge in [-0.25, -0.2) is 14.6 Å². The number of H-pyrrole nitrogens is 1. The third kappa shape index (κ3) is 2.58. The number of nitrogens with zero attached hydrogens (tertiary/aromatic N) is 1. The minimum absolute atomic E-state index is 0.0857. The highest BCUT2D eigenvalue weighted by Gasteiger charge is 2.26. The summed E-state index contributed by atoms with van der Waals surface area (Å²) in [4.78, 5) is 30.8. The van der Waals surface area contributed by atoms with E-state index in [-0.39, 0.29) is 16.9 Å². The Morgan fingerprint density at radius 3 is 2.33 bits per heavy atom. The number of benzene rings is 1. The highest BCUT2D eigenvalue weighted by molar-refractivity contribution is 6.04. The maximum Gasteiger partial charge on any atom is 0.342 e. The average Bonchev–Trinajstić information content (AvgIpc) is 3.06. The van der Waals surface area contributed by atoms with E-state index in [1.54, 1.807) is 18.5 Å². The van der Waals surface area contributed by atoms with Gasteiger partial charge >= 0.3 is 11.9 Å². The molecular weight excluding hydrogens is 276 g/mol. The smallest absolute Gasteiger partial charge is 0.342 e. The molecule has 0 aliphatic heterocycles. The molecule has 0 bridgehead atoms. The van der Waals surface area contributed by atoms with Gasteiger partial charge in [0.2, 0.25) is 0 Å². The fourth-order valence-corrected chi connectivity index (χ4v) is 1.98. The molecule has 1 heterocycles. The molecule has 1 N–H and O–H groups in total. The standard InChI is InChI=1S/C14H14N2O5/c1-19-11-9(13(17)20-2)5-4-8(10(11)14(18)21-3)12-15-6-7-16-12/h4-7H,1-3H3,(H,15,16). The number of aromatic nitrogens is 2. The van der Waals surface area contributed by atoms with E-state index in [1.165, 1.54) is 27.4 Å². The minimum Gasteiger partial charge on any atom is -0.495 e. The van der Waals surface area contributed by atoms with E-state index in [2.05, 4.69) is 14.7 Å². The molecule has 2 aromatic rings. The highest BCUT2D eigenvalue weighted by atomic mass is 16.5. The van der Waals surface area contributed by atoms with Crippen molar-refractivity contribution in [1.82, 2.24) is 9.97 Å².